The molecule has 1 aromatic rings. The summed E-state index contributed by atoms with van der Waals surface area (Å²) in [5, 5.41) is 6.01. The van der Waals surface area contributed by atoms with Crippen molar-refractivity contribution in [2.75, 3.05) is 25.0 Å². The number of amides is 2. The number of carbonyl (C=O) groups excluding carboxylic acids is 2. The Kier molecular flexibility index (Phi) is 4.91. The van der Waals surface area contributed by atoms with E-state index in [1.165, 1.54) is 38.5 Å². The lowest BCUT2D eigenvalue weighted by Crippen LogP contribution is -2.57. The van der Waals surface area contributed by atoms with Gasteiger partial charge < -0.3 is 20.3 Å². The van der Waals surface area contributed by atoms with E-state index >= 15 is 0 Å². The van der Waals surface area contributed by atoms with Crippen LogP contribution in [0.2, 0.25) is 0 Å². The number of fused-ring (bicyclic) bond motifs is 1. The number of rotatable bonds is 5. The number of benzene rings is 1. The van der Waals surface area contributed by atoms with Gasteiger partial charge in [0, 0.05) is 13.1 Å². The van der Waals surface area contributed by atoms with Crippen LogP contribution in [0.15, 0.2) is 24.3 Å². The van der Waals surface area contributed by atoms with Gasteiger partial charge in [0.1, 0.15) is 5.75 Å². The molecule has 30 heavy (non-hydrogen) atoms. The minimum absolute atomic E-state index is 0.0330. The molecule has 0 radical (unpaired) electrons. The molecule has 1 aromatic carbocycles. The van der Waals surface area contributed by atoms with Crippen LogP contribution in [0.4, 0.5) is 5.69 Å². The summed E-state index contributed by atoms with van der Waals surface area (Å²) in [4.78, 5) is 27.2. The first-order valence-electron chi connectivity index (χ1n) is 11.5. The first kappa shape index (κ1) is 19.7. The number of hydrogen-bond acceptors (Lipinski definition) is 4. The first-order valence-corrected chi connectivity index (χ1v) is 11.5. The zero-order chi connectivity index (χ0) is 20.9. The van der Waals surface area contributed by atoms with Gasteiger partial charge in [0.2, 0.25) is 5.91 Å². The van der Waals surface area contributed by atoms with E-state index in [0.29, 0.717) is 12.3 Å². The fraction of sp³-hybridized carbons (Fsp3) is 0.667. The van der Waals surface area contributed by atoms with Crippen molar-refractivity contribution >= 4 is 17.5 Å². The minimum atomic E-state index is -0.613. The molecule has 6 heteroatoms. The van der Waals surface area contributed by atoms with Gasteiger partial charge >= 0.3 is 0 Å². The Bertz CT molecular complexity index is 803. The molecule has 6 nitrogen and oxygen atoms in total. The fourth-order valence-electron chi connectivity index (χ4n) is 7.08. The SMILES string of the molecule is CNC(=O)[C@H]1CN(CC(=O)N[C@@H](C)C23CC4CC(CC(C4)C2)C3)c2ccccc2O1. The van der Waals surface area contributed by atoms with E-state index in [0.717, 1.165) is 23.4 Å². The van der Waals surface area contributed by atoms with Gasteiger partial charge in [0.15, 0.2) is 6.10 Å². The number of anilines is 1. The number of hydrogen-bond donors (Lipinski definition) is 2. The lowest BCUT2D eigenvalue weighted by atomic mass is 9.48. The van der Waals surface area contributed by atoms with Crippen LogP contribution in [0, 0.1) is 23.2 Å². The van der Waals surface area contributed by atoms with Crippen LogP contribution in [0.25, 0.3) is 0 Å². The average Bonchev–Trinajstić information content (AvgIpc) is 2.72. The Hall–Kier alpha value is -2.24. The van der Waals surface area contributed by atoms with Crippen LogP contribution in [-0.4, -0.2) is 44.1 Å². The molecule has 4 fully saturated rings. The third-order valence-corrected chi connectivity index (χ3v) is 8.12. The summed E-state index contributed by atoms with van der Waals surface area (Å²) in [6.07, 6.45) is 7.44. The molecule has 2 amide bonds. The van der Waals surface area contributed by atoms with Gasteiger partial charge in [0.25, 0.3) is 5.91 Å². The highest BCUT2D eigenvalue weighted by atomic mass is 16.5. The van der Waals surface area contributed by atoms with Crippen molar-refractivity contribution in [1.82, 2.24) is 10.6 Å². The summed E-state index contributed by atoms with van der Waals surface area (Å²) >= 11 is 0. The van der Waals surface area contributed by atoms with Crippen molar-refractivity contribution in [2.45, 2.75) is 57.6 Å². The van der Waals surface area contributed by atoms with Crippen LogP contribution < -0.4 is 20.3 Å². The highest BCUT2D eigenvalue weighted by Gasteiger charge is 2.53. The topological polar surface area (TPSA) is 70.7 Å². The summed E-state index contributed by atoms with van der Waals surface area (Å²) in [6.45, 7) is 2.83. The molecule has 1 heterocycles. The maximum atomic E-state index is 13.1. The number of nitrogens with one attached hydrogen (secondary N) is 2. The largest absolute Gasteiger partial charge is 0.477 e. The monoisotopic (exact) mass is 411 g/mol. The van der Waals surface area contributed by atoms with Crippen LogP contribution in [0.5, 0.6) is 5.75 Å². The third-order valence-electron chi connectivity index (χ3n) is 8.12. The highest BCUT2D eigenvalue weighted by Crippen LogP contribution is 2.61. The lowest BCUT2D eigenvalue weighted by molar-refractivity contribution is -0.128. The zero-order valence-electron chi connectivity index (χ0n) is 18.0. The molecular formula is C24H33N3O3. The van der Waals surface area contributed by atoms with E-state index in [2.05, 4.69) is 17.6 Å². The summed E-state index contributed by atoms with van der Waals surface area (Å²) in [7, 11) is 1.61. The molecule has 2 N–H and O–H groups in total. The minimum Gasteiger partial charge on any atom is -0.477 e. The molecule has 0 spiro atoms. The summed E-state index contributed by atoms with van der Waals surface area (Å²) in [5.41, 5.74) is 1.16. The van der Waals surface area contributed by atoms with Gasteiger partial charge in [-0.15, -0.1) is 0 Å². The van der Waals surface area contributed by atoms with E-state index < -0.39 is 6.10 Å². The third kappa shape index (κ3) is 3.44. The maximum absolute atomic E-state index is 13.1. The number of likely N-dealkylation sites (N-methyl/N-ethyl adjacent to an activating group) is 1. The Morgan fingerprint density at radius 2 is 1.77 bits per heavy atom. The molecule has 4 aliphatic carbocycles. The number of para-hydroxylation sites is 2. The second kappa shape index (κ2) is 7.47. The molecule has 162 valence electrons. The van der Waals surface area contributed by atoms with Crippen LogP contribution in [0.1, 0.15) is 45.4 Å². The summed E-state index contributed by atoms with van der Waals surface area (Å²) in [6, 6.07) is 7.83. The van der Waals surface area contributed by atoms with Crippen molar-refractivity contribution in [3.05, 3.63) is 24.3 Å². The van der Waals surface area contributed by atoms with Crippen LogP contribution in [-0.2, 0) is 9.59 Å². The first-order chi connectivity index (χ1) is 14.5. The van der Waals surface area contributed by atoms with Crippen LogP contribution >= 0.6 is 0 Å². The van der Waals surface area contributed by atoms with E-state index in [1.54, 1.807) is 7.05 Å². The molecular weight excluding hydrogens is 378 g/mol. The predicted octanol–water partition coefficient (Wildman–Crippen LogP) is 2.72. The van der Waals surface area contributed by atoms with Crippen molar-refractivity contribution in [2.24, 2.45) is 23.2 Å². The van der Waals surface area contributed by atoms with Crippen molar-refractivity contribution in [3.63, 3.8) is 0 Å². The second-order valence-electron chi connectivity index (χ2n) is 10.1. The average molecular weight is 412 g/mol. The maximum Gasteiger partial charge on any atom is 0.262 e. The Morgan fingerprint density at radius 3 is 2.40 bits per heavy atom. The Morgan fingerprint density at radius 1 is 1.13 bits per heavy atom. The van der Waals surface area contributed by atoms with E-state index in [4.69, 9.17) is 4.74 Å². The molecule has 0 aromatic heterocycles. The van der Waals surface area contributed by atoms with Crippen molar-refractivity contribution in [3.8, 4) is 5.75 Å². The molecule has 1 aliphatic heterocycles. The van der Waals surface area contributed by atoms with E-state index in [9.17, 15) is 9.59 Å². The smallest absolute Gasteiger partial charge is 0.262 e. The molecule has 0 unspecified atom stereocenters. The normalized spacial score (nSPS) is 34.7. The number of ether oxygens (including phenoxy) is 1. The molecule has 0 saturated heterocycles. The van der Waals surface area contributed by atoms with Gasteiger partial charge in [-0.25, -0.2) is 0 Å². The standard InChI is InChI=1S/C24H33N3O3/c1-15(24-10-16-7-17(11-24)9-18(8-16)12-24)26-22(28)14-27-13-21(23(29)25-2)30-20-6-4-3-5-19(20)27/h3-6,15-18,21H,7-14H2,1-2H3,(H,25,29)(H,26,28)/t15-,16?,17?,18?,21+,24?/m0/s1. The molecule has 5 aliphatic rings. The van der Waals surface area contributed by atoms with E-state index in [1.807, 2.05) is 29.2 Å². The quantitative estimate of drug-likeness (QED) is 0.782. The highest BCUT2D eigenvalue weighted by molar-refractivity contribution is 5.86. The van der Waals surface area contributed by atoms with Crippen molar-refractivity contribution < 1.29 is 14.3 Å². The predicted molar refractivity (Wildman–Crippen MR) is 115 cm³/mol. The molecule has 6 rings (SSSR count). The van der Waals surface area contributed by atoms with Gasteiger partial charge in [0.05, 0.1) is 18.8 Å². The fourth-order valence-corrected chi connectivity index (χ4v) is 7.08. The second-order valence-corrected chi connectivity index (χ2v) is 10.1. The Balaban J connectivity index is 1.27. The van der Waals surface area contributed by atoms with Crippen LogP contribution in [0.3, 0.4) is 0 Å². The zero-order valence-corrected chi connectivity index (χ0v) is 18.0. The molecule has 4 saturated carbocycles. The summed E-state index contributed by atoms with van der Waals surface area (Å²) in [5.74, 6) is 3.13. The number of nitrogens with zero attached hydrogens (tertiary/aromatic N) is 1. The van der Waals surface area contributed by atoms with Gasteiger partial charge in [-0.2, -0.15) is 0 Å². The summed E-state index contributed by atoms with van der Waals surface area (Å²) < 4.78 is 5.86. The van der Waals surface area contributed by atoms with Gasteiger partial charge in [-0.1, -0.05) is 12.1 Å². The lowest BCUT2D eigenvalue weighted by Gasteiger charge is -2.59. The van der Waals surface area contributed by atoms with Gasteiger partial charge in [-0.05, 0) is 80.8 Å². The number of carbonyl (C=O) groups is 2. The molecule has 4 bridgehead atoms. The Labute approximate surface area is 178 Å². The van der Waals surface area contributed by atoms with Gasteiger partial charge in [-0.3, -0.25) is 9.59 Å². The van der Waals surface area contributed by atoms with Crippen molar-refractivity contribution in [1.29, 1.82) is 0 Å². The molecule has 2 atom stereocenters. The van der Waals surface area contributed by atoms with E-state index in [-0.39, 0.29) is 29.8 Å².